The second-order valence-corrected chi connectivity index (χ2v) is 6.20. The maximum absolute atomic E-state index is 6.23. The highest BCUT2D eigenvalue weighted by Gasteiger charge is 2.09. The van der Waals surface area contributed by atoms with Crippen LogP contribution in [0.1, 0.15) is 31.0 Å². The molecule has 2 aromatic heterocycles. The third kappa shape index (κ3) is 4.47. The molecule has 0 unspecified atom stereocenters. The Morgan fingerprint density at radius 1 is 0.962 bits per heavy atom. The molecule has 2 heterocycles. The Balaban J connectivity index is 1.74. The summed E-state index contributed by atoms with van der Waals surface area (Å²) in [6.45, 7) is 4.14. The van der Waals surface area contributed by atoms with Crippen LogP contribution in [0, 0.1) is 6.92 Å². The fourth-order valence-electron chi connectivity index (χ4n) is 2.60. The highest BCUT2D eigenvalue weighted by molar-refractivity contribution is 5.79. The first-order valence-corrected chi connectivity index (χ1v) is 8.83. The lowest BCUT2D eigenvalue weighted by Crippen LogP contribution is -2.06. The van der Waals surface area contributed by atoms with Gasteiger partial charge >= 0.3 is 0 Å². The Morgan fingerprint density at radius 3 is 2.38 bits per heavy atom. The molecule has 0 fully saturated rings. The second kappa shape index (κ2) is 8.29. The van der Waals surface area contributed by atoms with Gasteiger partial charge in [-0.25, -0.2) is 15.0 Å². The molecule has 3 aromatic rings. The summed E-state index contributed by atoms with van der Waals surface area (Å²) in [7, 11) is 0. The van der Waals surface area contributed by atoms with Gasteiger partial charge in [-0.1, -0.05) is 31.5 Å². The van der Waals surface area contributed by atoms with Gasteiger partial charge in [0.15, 0.2) is 11.6 Å². The van der Waals surface area contributed by atoms with Crippen LogP contribution in [0.25, 0.3) is 0 Å². The number of nitrogens with one attached hydrogen (secondary N) is 2. The van der Waals surface area contributed by atoms with Gasteiger partial charge in [0.25, 0.3) is 0 Å². The number of hydrogen-bond donors (Lipinski definition) is 3. The van der Waals surface area contributed by atoms with E-state index in [1.54, 1.807) is 0 Å². The molecule has 0 saturated heterocycles. The van der Waals surface area contributed by atoms with E-state index in [1.807, 2.05) is 37.3 Å². The molecular weight excluding hydrogens is 324 g/mol. The fourth-order valence-corrected chi connectivity index (χ4v) is 2.60. The molecule has 1 aromatic carbocycles. The molecule has 0 bridgehead atoms. The minimum Gasteiger partial charge on any atom is -0.393 e. The largest absolute Gasteiger partial charge is 0.393 e. The zero-order valence-corrected chi connectivity index (χ0v) is 15.2. The first kappa shape index (κ1) is 17.7. The molecule has 4 N–H and O–H groups in total. The molecule has 6 heteroatoms. The minimum atomic E-state index is 0.450. The standard InChI is InChI=1S/C20H24N6/c1-3-4-7-15-9-11-16(12-10-15)25-19-18(21)20(23-13-22-19)26-17-8-5-6-14(2)24-17/h5-6,8-13H,3-4,7,21H2,1-2H3,(H2,22,23,24,25,26). The summed E-state index contributed by atoms with van der Waals surface area (Å²) < 4.78 is 0. The number of benzene rings is 1. The number of hydrogen-bond acceptors (Lipinski definition) is 6. The van der Waals surface area contributed by atoms with E-state index in [-0.39, 0.29) is 0 Å². The molecule has 0 aliphatic rings. The molecule has 0 atom stereocenters. The number of aromatic nitrogens is 3. The third-order valence-electron chi connectivity index (χ3n) is 4.05. The summed E-state index contributed by atoms with van der Waals surface area (Å²) in [6.07, 6.45) is 4.98. The van der Waals surface area contributed by atoms with Crippen molar-refractivity contribution in [2.24, 2.45) is 0 Å². The monoisotopic (exact) mass is 348 g/mol. The number of anilines is 5. The van der Waals surface area contributed by atoms with Gasteiger partial charge in [-0.2, -0.15) is 0 Å². The maximum Gasteiger partial charge on any atom is 0.160 e. The average Bonchev–Trinajstić information content (AvgIpc) is 2.64. The lowest BCUT2D eigenvalue weighted by Gasteiger charge is -2.12. The zero-order chi connectivity index (χ0) is 18.4. The van der Waals surface area contributed by atoms with Crippen LogP contribution in [0.15, 0.2) is 48.8 Å². The fraction of sp³-hybridized carbons (Fsp3) is 0.250. The van der Waals surface area contributed by atoms with E-state index >= 15 is 0 Å². The summed E-state index contributed by atoms with van der Waals surface area (Å²) in [4.78, 5) is 12.9. The number of aryl methyl sites for hydroxylation is 2. The van der Waals surface area contributed by atoms with Crippen molar-refractivity contribution in [2.75, 3.05) is 16.4 Å². The molecule has 0 aliphatic carbocycles. The molecular formula is C20H24N6. The maximum atomic E-state index is 6.23. The number of pyridine rings is 1. The molecule has 0 radical (unpaired) electrons. The van der Waals surface area contributed by atoms with E-state index in [9.17, 15) is 0 Å². The number of rotatable bonds is 7. The first-order valence-electron chi connectivity index (χ1n) is 8.83. The normalized spacial score (nSPS) is 10.5. The van der Waals surface area contributed by atoms with Crippen molar-refractivity contribution >= 4 is 28.8 Å². The Kier molecular flexibility index (Phi) is 5.63. The van der Waals surface area contributed by atoms with Crippen molar-refractivity contribution in [3.63, 3.8) is 0 Å². The predicted octanol–water partition coefficient (Wildman–Crippen LogP) is 4.59. The van der Waals surface area contributed by atoms with Crippen LogP contribution in [0.5, 0.6) is 0 Å². The molecule has 0 spiro atoms. The molecule has 3 rings (SSSR count). The summed E-state index contributed by atoms with van der Waals surface area (Å²) >= 11 is 0. The zero-order valence-electron chi connectivity index (χ0n) is 15.2. The summed E-state index contributed by atoms with van der Waals surface area (Å²) in [5.41, 5.74) is 9.88. The summed E-state index contributed by atoms with van der Waals surface area (Å²) in [6, 6.07) is 14.1. The SMILES string of the molecule is CCCCc1ccc(Nc2ncnc(Nc3cccc(C)n3)c2N)cc1. The average molecular weight is 348 g/mol. The number of nitrogen functional groups attached to an aromatic ring is 1. The highest BCUT2D eigenvalue weighted by atomic mass is 15.1. The topological polar surface area (TPSA) is 88.8 Å². The van der Waals surface area contributed by atoms with Crippen molar-refractivity contribution in [3.8, 4) is 0 Å². The van der Waals surface area contributed by atoms with Gasteiger partial charge in [0, 0.05) is 11.4 Å². The predicted molar refractivity (Wildman–Crippen MR) is 107 cm³/mol. The van der Waals surface area contributed by atoms with Gasteiger partial charge in [-0.3, -0.25) is 0 Å². The Bertz CT molecular complexity index is 860. The number of nitrogens with zero attached hydrogens (tertiary/aromatic N) is 3. The van der Waals surface area contributed by atoms with Gasteiger partial charge in [-0.05, 0) is 49.6 Å². The van der Waals surface area contributed by atoms with Crippen molar-refractivity contribution in [1.29, 1.82) is 0 Å². The van der Waals surface area contributed by atoms with Gasteiger partial charge in [0.1, 0.15) is 17.8 Å². The van der Waals surface area contributed by atoms with Crippen LogP contribution < -0.4 is 16.4 Å². The lowest BCUT2D eigenvalue weighted by atomic mass is 10.1. The molecule has 134 valence electrons. The minimum absolute atomic E-state index is 0.450. The molecule has 0 saturated carbocycles. The van der Waals surface area contributed by atoms with Gasteiger partial charge < -0.3 is 16.4 Å². The van der Waals surface area contributed by atoms with Crippen molar-refractivity contribution in [3.05, 3.63) is 60.0 Å². The molecule has 6 nitrogen and oxygen atoms in total. The van der Waals surface area contributed by atoms with E-state index in [1.165, 1.54) is 24.7 Å². The van der Waals surface area contributed by atoms with Gasteiger partial charge in [-0.15, -0.1) is 0 Å². The van der Waals surface area contributed by atoms with Crippen LogP contribution >= 0.6 is 0 Å². The van der Waals surface area contributed by atoms with Crippen molar-refractivity contribution in [2.45, 2.75) is 33.1 Å². The number of nitrogens with two attached hydrogens (primary N) is 1. The van der Waals surface area contributed by atoms with Gasteiger partial charge in [0.2, 0.25) is 0 Å². The Labute approximate surface area is 153 Å². The van der Waals surface area contributed by atoms with Crippen molar-refractivity contribution < 1.29 is 0 Å². The smallest absolute Gasteiger partial charge is 0.160 e. The summed E-state index contributed by atoms with van der Waals surface area (Å²) in [5, 5.41) is 6.40. The van der Waals surface area contributed by atoms with E-state index in [2.05, 4.69) is 44.6 Å². The van der Waals surface area contributed by atoms with Crippen LogP contribution in [0.2, 0.25) is 0 Å². The molecule has 26 heavy (non-hydrogen) atoms. The first-order chi connectivity index (χ1) is 12.7. The summed E-state index contributed by atoms with van der Waals surface area (Å²) in [5.74, 6) is 1.79. The third-order valence-corrected chi connectivity index (χ3v) is 4.05. The van der Waals surface area contributed by atoms with Gasteiger partial charge in [0.05, 0.1) is 0 Å². The highest BCUT2D eigenvalue weighted by Crippen LogP contribution is 2.27. The van der Waals surface area contributed by atoms with Crippen LogP contribution in [0.4, 0.5) is 28.8 Å². The van der Waals surface area contributed by atoms with Crippen LogP contribution in [-0.2, 0) is 6.42 Å². The quantitative estimate of drug-likeness (QED) is 0.578. The van der Waals surface area contributed by atoms with Crippen LogP contribution in [-0.4, -0.2) is 15.0 Å². The number of unbranched alkanes of at least 4 members (excludes halogenated alkanes) is 1. The Hall–Kier alpha value is -3.15. The van der Waals surface area contributed by atoms with E-state index in [0.717, 1.165) is 17.8 Å². The molecule has 0 aliphatic heterocycles. The van der Waals surface area contributed by atoms with Crippen molar-refractivity contribution in [1.82, 2.24) is 15.0 Å². The lowest BCUT2D eigenvalue weighted by molar-refractivity contribution is 0.795. The van der Waals surface area contributed by atoms with E-state index in [0.29, 0.717) is 23.1 Å². The second-order valence-electron chi connectivity index (χ2n) is 6.20. The van der Waals surface area contributed by atoms with E-state index in [4.69, 9.17) is 5.73 Å². The Morgan fingerprint density at radius 2 is 1.69 bits per heavy atom. The van der Waals surface area contributed by atoms with E-state index < -0.39 is 0 Å². The molecule has 0 amide bonds. The van der Waals surface area contributed by atoms with Crippen LogP contribution in [0.3, 0.4) is 0 Å².